The SMILES string of the molecule is CCCNCc1cc2ccccc2c(NCC(C)OC)n1. The lowest BCUT2D eigenvalue weighted by molar-refractivity contribution is 0.128. The number of rotatable bonds is 8. The smallest absolute Gasteiger partial charge is 0.134 e. The maximum absolute atomic E-state index is 5.29. The second-order valence-electron chi connectivity index (χ2n) is 5.29. The van der Waals surface area contributed by atoms with Crippen molar-refractivity contribution in [2.24, 2.45) is 0 Å². The third kappa shape index (κ3) is 4.41. The lowest BCUT2D eigenvalue weighted by Crippen LogP contribution is -2.20. The molecule has 0 spiro atoms. The first-order chi connectivity index (χ1) is 10.2. The van der Waals surface area contributed by atoms with Crippen molar-refractivity contribution in [2.45, 2.75) is 32.9 Å². The molecule has 0 aliphatic carbocycles. The molecule has 0 bridgehead atoms. The van der Waals surface area contributed by atoms with Gasteiger partial charge in [-0.05, 0) is 31.3 Å². The fraction of sp³-hybridized carbons (Fsp3) is 0.471. The molecular weight excluding hydrogens is 262 g/mol. The van der Waals surface area contributed by atoms with Gasteiger partial charge in [-0.1, -0.05) is 31.2 Å². The first-order valence-corrected chi connectivity index (χ1v) is 7.60. The highest BCUT2D eigenvalue weighted by molar-refractivity contribution is 5.92. The summed E-state index contributed by atoms with van der Waals surface area (Å²) in [5.41, 5.74) is 1.06. The second kappa shape index (κ2) is 7.96. The summed E-state index contributed by atoms with van der Waals surface area (Å²) in [5.74, 6) is 0.935. The summed E-state index contributed by atoms with van der Waals surface area (Å²) in [7, 11) is 1.73. The van der Waals surface area contributed by atoms with Gasteiger partial charge in [0.2, 0.25) is 0 Å². The van der Waals surface area contributed by atoms with Gasteiger partial charge in [-0.3, -0.25) is 0 Å². The number of nitrogens with one attached hydrogen (secondary N) is 2. The number of ether oxygens (including phenoxy) is 1. The molecule has 1 atom stereocenters. The number of aromatic nitrogens is 1. The van der Waals surface area contributed by atoms with Crippen LogP contribution in [0.15, 0.2) is 30.3 Å². The molecule has 21 heavy (non-hydrogen) atoms. The van der Waals surface area contributed by atoms with E-state index in [1.807, 2.05) is 13.0 Å². The van der Waals surface area contributed by atoms with Crippen LogP contribution >= 0.6 is 0 Å². The van der Waals surface area contributed by atoms with E-state index in [2.05, 4.69) is 41.8 Å². The predicted molar refractivity (Wildman–Crippen MR) is 88.7 cm³/mol. The number of hydrogen-bond donors (Lipinski definition) is 2. The lowest BCUT2D eigenvalue weighted by atomic mass is 10.1. The molecule has 1 aromatic heterocycles. The van der Waals surface area contributed by atoms with Gasteiger partial charge < -0.3 is 15.4 Å². The van der Waals surface area contributed by atoms with Crippen molar-refractivity contribution in [3.8, 4) is 0 Å². The molecule has 4 heteroatoms. The molecule has 4 nitrogen and oxygen atoms in total. The Morgan fingerprint density at radius 3 is 2.86 bits per heavy atom. The van der Waals surface area contributed by atoms with E-state index in [1.54, 1.807) is 7.11 Å². The number of nitrogens with zero attached hydrogens (tertiary/aromatic N) is 1. The molecule has 1 heterocycles. The van der Waals surface area contributed by atoms with E-state index in [0.717, 1.165) is 43.0 Å². The maximum atomic E-state index is 5.29. The van der Waals surface area contributed by atoms with Crippen LogP contribution in [-0.4, -0.2) is 31.3 Å². The van der Waals surface area contributed by atoms with E-state index in [4.69, 9.17) is 9.72 Å². The first kappa shape index (κ1) is 15.7. The van der Waals surface area contributed by atoms with E-state index in [1.165, 1.54) is 5.39 Å². The van der Waals surface area contributed by atoms with Crippen LogP contribution in [0.4, 0.5) is 5.82 Å². The van der Waals surface area contributed by atoms with Crippen LogP contribution in [0.25, 0.3) is 10.8 Å². The molecule has 0 saturated heterocycles. The third-order valence-electron chi connectivity index (χ3n) is 3.49. The minimum Gasteiger partial charge on any atom is -0.380 e. The van der Waals surface area contributed by atoms with Crippen LogP contribution in [-0.2, 0) is 11.3 Å². The molecule has 2 rings (SSSR count). The number of hydrogen-bond acceptors (Lipinski definition) is 4. The molecule has 1 aromatic carbocycles. The average molecular weight is 287 g/mol. The van der Waals surface area contributed by atoms with Crippen molar-refractivity contribution in [2.75, 3.05) is 25.5 Å². The van der Waals surface area contributed by atoms with Crippen LogP contribution in [0.3, 0.4) is 0 Å². The quantitative estimate of drug-likeness (QED) is 0.732. The maximum Gasteiger partial charge on any atom is 0.134 e. The van der Waals surface area contributed by atoms with Gasteiger partial charge in [0.25, 0.3) is 0 Å². The zero-order valence-corrected chi connectivity index (χ0v) is 13.1. The summed E-state index contributed by atoms with van der Waals surface area (Å²) < 4.78 is 5.29. The Hall–Kier alpha value is -1.65. The summed E-state index contributed by atoms with van der Waals surface area (Å²) in [6.07, 6.45) is 1.29. The molecule has 2 aromatic rings. The van der Waals surface area contributed by atoms with Crippen molar-refractivity contribution in [3.63, 3.8) is 0 Å². The molecule has 1 unspecified atom stereocenters. The first-order valence-electron chi connectivity index (χ1n) is 7.60. The van der Waals surface area contributed by atoms with Gasteiger partial charge in [-0.2, -0.15) is 0 Å². The van der Waals surface area contributed by atoms with Crippen molar-refractivity contribution >= 4 is 16.6 Å². The predicted octanol–water partition coefficient (Wildman–Crippen LogP) is 3.18. The Kier molecular flexibility index (Phi) is 5.96. The van der Waals surface area contributed by atoms with Crippen LogP contribution < -0.4 is 10.6 Å². The molecule has 0 radical (unpaired) electrons. The standard InChI is InChI=1S/C17H25N3O/c1-4-9-18-12-15-10-14-7-5-6-8-16(14)17(20-15)19-11-13(2)21-3/h5-8,10,13,18H,4,9,11-12H2,1-3H3,(H,19,20). The highest BCUT2D eigenvalue weighted by atomic mass is 16.5. The number of benzene rings is 1. The van der Waals surface area contributed by atoms with E-state index >= 15 is 0 Å². The van der Waals surface area contributed by atoms with Crippen molar-refractivity contribution < 1.29 is 4.74 Å². The zero-order valence-electron chi connectivity index (χ0n) is 13.1. The molecule has 0 saturated carbocycles. The third-order valence-corrected chi connectivity index (χ3v) is 3.49. The molecule has 0 aliphatic rings. The molecular formula is C17H25N3O. The van der Waals surface area contributed by atoms with Crippen LogP contribution in [0, 0.1) is 0 Å². The zero-order chi connectivity index (χ0) is 15.1. The minimum absolute atomic E-state index is 0.160. The molecule has 114 valence electrons. The average Bonchev–Trinajstić information content (AvgIpc) is 2.52. The molecule has 0 aliphatic heterocycles. The van der Waals surface area contributed by atoms with Gasteiger partial charge in [-0.25, -0.2) is 4.98 Å². The van der Waals surface area contributed by atoms with E-state index < -0.39 is 0 Å². The summed E-state index contributed by atoms with van der Waals surface area (Å²) in [5, 5.41) is 9.18. The van der Waals surface area contributed by atoms with Gasteiger partial charge in [0, 0.05) is 25.6 Å². The van der Waals surface area contributed by atoms with Crippen LogP contribution in [0.5, 0.6) is 0 Å². The summed E-state index contributed by atoms with van der Waals surface area (Å²) in [6.45, 7) is 6.77. The number of methoxy groups -OCH3 is 1. The largest absolute Gasteiger partial charge is 0.380 e. The number of pyridine rings is 1. The Balaban J connectivity index is 2.22. The molecule has 0 amide bonds. The molecule has 0 fully saturated rings. The Bertz CT molecular complexity index is 571. The van der Waals surface area contributed by atoms with Crippen LogP contribution in [0.1, 0.15) is 26.0 Å². The van der Waals surface area contributed by atoms with Gasteiger partial charge in [0.1, 0.15) is 5.82 Å². The Labute approximate surface area is 126 Å². The van der Waals surface area contributed by atoms with E-state index in [9.17, 15) is 0 Å². The fourth-order valence-electron chi connectivity index (χ4n) is 2.20. The van der Waals surface area contributed by atoms with Crippen LogP contribution in [0.2, 0.25) is 0 Å². The lowest BCUT2D eigenvalue weighted by Gasteiger charge is -2.14. The van der Waals surface area contributed by atoms with E-state index in [0.29, 0.717) is 0 Å². The van der Waals surface area contributed by atoms with Gasteiger partial charge in [0.05, 0.1) is 11.8 Å². The highest BCUT2D eigenvalue weighted by Crippen LogP contribution is 2.22. The van der Waals surface area contributed by atoms with Gasteiger partial charge in [0.15, 0.2) is 0 Å². The fourth-order valence-corrected chi connectivity index (χ4v) is 2.20. The van der Waals surface area contributed by atoms with E-state index in [-0.39, 0.29) is 6.10 Å². The minimum atomic E-state index is 0.160. The highest BCUT2D eigenvalue weighted by Gasteiger charge is 2.07. The Morgan fingerprint density at radius 1 is 1.29 bits per heavy atom. The van der Waals surface area contributed by atoms with Gasteiger partial charge in [-0.15, -0.1) is 0 Å². The van der Waals surface area contributed by atoms with Gasteiger partial charge >= 0.3 is 0 Å². The second-order valence-corrected chi connectivity index (χ2v) is 5.29. The molecule has 2 N–H and O–H groups in total. The Morgan fingerprint density at radius 2 is 2.10 bits per heavy atom. The topological polar surface area (TPSA) is 46.2 Å². The summed E-state index contributed by atoms with van der Waals surface area (Å²) in [6, 6.07) is 10.5. The summed E-state index contributed by atoms with van der Waals surface area (Å²) >= 11 is 0. The number of anilines is 1. The van der Waals surface area contributed by atoms with Crippen molar-refractivity contribution in [1.29, 1.82) is 0 Å². The number of fused-ring (bicyclic) bond motifs is 1. The summed E-state index contributed by atoms with van der Waals surface area (Å²) in [4.78, 5) is 4.75. The van der Waals surface area contributed by atoms with Crippen molar-refractivity contribution in [1.82, 2.24) is 10.3 Å². The van der Waals surface area contributed by atoms with Crippen molar-refractivity contribution in [3.05, 3.63) is 36.0 Å². The monoisotopic (exact) mass is 287 g/mol. The normalized spacial score (nSPS) is 12.5.